The van der Waals surface area contributed by atoms with Gasteiger partial charge in [0, 0.05) is 19.3 Å². The molecule has 2 aromatic rings. The molecule has 0 unspecified atom stereocenters. The van der Waals surface area contributed by atoms with E-state index >= 15 is 0 Å². The first kappa shape index (κ1) is 13.1. The summed E-state index contributed by atoms with van der Waals surface area (Å²) in [5.74, 6) is -1.06. The van der Waals surface area contributed by atoms with Crippen molar-refractivity contribution in [2.75, 3.05) is 18.5 Å². The molecule has 1 heterocycles. The normalized spacial score (nSPS) is 10.4. The predicted molar refractivity (Wildman–Crippen MR) is 71.4 cm³/mol. The first-order valence-electron chi connectivity index (χ1n) is 5.97. The zero-order valence-electron chi connectivity index (χ0n) is 10.9. The van der Waals surface area contributed by atoms with Crippen molar-refractivity contribution < 1.29 is 9.90 Å². The first-order valence-corrected chi connectivity index (χ1v) is 5.97. The van der Waals surface area contributed by atoms with Gasteiger partial charge in [0.25, 0.3) is 0 Å². The number of anilines is 1. The molecule has 0 amide bonds. The molecular formula is C13H16N4O2. The van der Waals surface area contributed by atoms with Crippen LogP contribution in [0.15, 0.2) is 30.5 Å². The van der Waals surface area contributed by atoms with Crippen molar-refractivity contribution in [2.45, 2.75) is 13.5 Å². The summed E-state index contributed by atoms with van der Waals surface area (Å²) in [6.45, 7) is 3.36. The molecule has 1 aromatic heterocycles. The number of aromatic nitrogens is 3. The van der Waals surface area contributed by atoms with Crippen LogP contribution in [0, 0.1) is 6.92 Å². The van der Waals surface area contributed by atoms with Crippen LogP contribution in [-0.4, -0.2) is 39.7 Å². The van der Waals surface area contributed by atoms with Gasteiger partial charge in [-0.1, -0.05) is 22.9 Å². The summed E-state index contributed by atoms with van der Waals surface area (Å²) in [5, 5.41) is 16.1. The number of rotatable bonds is 5. The summed E-state index contributed by atoms with van der Waals surface area (Å²) in [6.07, 6.45) is 1.44. The van der Waals surface area contributed by atoms with Crippen molar-refractivity contribution in [3.8, 4) is 0 Å². The fourth-order valence-electron chi connectivity index (χ4n) is 1.69. The molecule has 0 saturated carbocycles. The number of hydrogen-bond donors (Lipinski definition) is 1. The molecule has 0 spiro atoms. The molecule has 0 atom stereocenters. The van der Waals surface area contributed by atoms with Crippen LogP contribution in [-0.2, 0) is 6.54 Å². The van der Waals surface area contributed by atoms with Gasteiger partial charge in [-0.3, -0.25) is 0 Å². The SMILES string of the molecule is Cc1ccc(N(C)CCn2cc(C(=O)O)nn2)cc1. The second-order valence-electron chi connectivity index (χ2n) is 4.43. The molecule has 0 saturated heterocycles. The number of likely N-dealkylation sites (N-methyl/N-ethyl adjacent to an activating group) is 1. The predicted octanol–water partition coefficient (Wildman–Crippen LogP) is 1.42. The minimum atomic E-state index is -1.06. The maximum absolute atomic E-state index is 10.7. The lowest BCUT2D eigenvalue weighted by Gasteiger charge is -2.19. The van der Waals surface area contributed by atoms with E-state index in [1.54, 1.807) is 0 Å². The van der Waals surface area contributed by atoms with Crippen molar-refractivity contribution in [3.63, 3.8) is 0 Å². The number of carboxylic acids is 1. The second-order valence-corrected chi connectivity index (χ2v) is 4.43. The van der Waals surface area contributed by atoms with Crippen LogP contribution in [0.5, 0.6) is 0 Å². The Kier molecular flexibility index (Phi) is 3.79. The van der Waals surface area contributed by atoms with E-state index < -0.39 is 5.97 Å². The first-order chi connectivity index (χ1) is 9.06. The number of hydrogen-bond acceptors (Lipinski definition) is 4. The zero-order valence-corrected chi connectivity index (χ0v) is 10.9. The molecule has 6 heteroatoms. The Morgan fingerprint density at radius 3 is 2.63 bits per heavy atom. The highest BCUT2D eigenvalue weighted by atomic mass is 16.4. The smallest absolute Gasteiger partial charge is 0.358 e. The monoisotopic (exact) mass is 260 g/mol. The topological polar surface area (TPSA) is 71.2 Å². The van der Waals surface area contributed by atoms with Crippen molar-refractivity contribution >= 4 is 11.7 Å². The van der Waals surface area contributed by atoms with Crippen LogP contribution < -0.4 is 4.90 Å². The van der Waals surface area contributed by atoms with Gasteiger partial charge in [0.2, 0.25) is 0 Å². The Morgan fingerprint density at radius 2 is 2.05 bits per heavy atom. The molecule has 1 N–H and O–H groups in total. The number of benzene rings is 1. The summed E-state index contributed by atoms with van der Waals surface area (Å²) in [5.41, 5.74) is 2.31. The van der Waals surface area contributed by atoms with E-state index in [-0.39, 0.29) is 5.69 Å². The van der Waals surface area contributed by atoms with Gasteiger partial charge in [-0.05, 0) is 19.1 Å². The van der Waals surface area contributed by atoms with Crippen LogP contribution in [0.1, 0.15) is 16.1 Å². The maximum atomic E-state index is 10.7. The van der Waals surface area contributed by atoms with Gasteiger partial charge < -0.3 is 10.0 Å². The second kappa shape index (κ2) is 5.51. The van der Waals surface area contributed by atoms with E-state index in [2.05, 4.69) is 39.5 Å². The highest BCUT2D eigenvalue weighted by Crippen LogP contribution is 2.13. The standard InChI is InChI=1S/C13H16N4O2/c1-10-3-5-11(6-4-10)16(2)7-8-17-9-12(13(18)19)14-15-17/h3-6,9H,7-8H2,1-2H3,(H,18,19). The van der Waals surface area contributed by atoms with Gasteiger partial charge in [-0.15, -0.1) is 5.10 Å². The summed E-state index contributed by atoms with van der Waals surface area (Å²) in [7, 11) is 1.99. The third kappa shape index (κ3) is 3.31. The average Bonchev–Trinajstić information content (AvgIpc) is 2.86. The Balaban J connectivity index is 1.94. The molecule has 1 aromatic carbocycles. The lowest BCUT2D eigenvalue weighted by Crippen LogP contribution is -2.22. The van der Waals surface area contributed by atoms with Gasteiger partial charge in [0.1, 0.15) is 0 Å². The van der Waals surface area contributed by atoms with Gasteiger partial charge >= 0.3 is 5.97 Å². The summed E-state index contributed by atoms with van der Waals surface area (Å²) < 4.78 is 1.54. The van der Waals surface area contributed by atoms with Gasteiger partial charge in [0.05, 0.1) is 12.7 Å². The number of aryl methyl sites for hydroxylation is 1. The number of nitrogens with zero attached hydrogens (tertiary/aromatic N) is 4. The quantitative estimate of drug-likeness (QED) is 0.880. The van der Waals surface area contributed by atoms with Crippen LogP contribution >= 0.6 is 0 Å². The Morgan fingerprint density at radius 1 is 1.37 bits per heavy atom. The molecular weight excluding hydrogens is 244 g/mol. The Hall–Kier alpha value is -2.37. The third-order valence-electron chi connectivity index (χ3n) is 2.90. The molecule has 0 aliphatic heterocycles. The minimum Gasteiger partial charge on any atom is -0.476 e. The molecule has 6 nitrogen and oxygen atoms in total. The summed E-state index contributed by atoms with van der Waals surface area (Å²) >= 11 is 0. The highest BCUT2D eigenvalue weighted by molar-refractivity contribution is 5.84. The zero-order chi connectivity index (χ0) is 13.8. The number of carboxylic acid groups (broad SMARTS) is 1. The molecule has 0 radical (unpaired) electrons. The maximum Gasteiger partial charge on any atom is 0.358 e. The van der Waals surface area contributed by atoms with Crippen molar-refractivity contribution in [3.05, 3.63) is 41.7 Å². The largest absolute Gasteiger partial charge is 0.476 e. The molecule has 0 aliphatic rings. The number of carbonyl (C=O) groups is 1. The van der Waals surface area contributed by atoms with Crippen LogP contribution in [0.3, 0.4) is 0 Å². The van der Waals surface area contributed by atoms with Crippen LogP contribution in [0.2, 0.25) is 0 Å². The lowest BCUT2D eigenvalue weighted by atomic mass is 10.2. The fourth-order valence-corrected chi connectivity index (χ4v) is 1.69. The van der Waals surface area contributed by atoms with E-state index in [1.165, 1.54) is 16.4 Å². The molecule has 19 heavy (non-hydrogen) atoms. The van der Waals surface area contributed by atoms with Gasteiger partial charge in [-0.25, -0.2) is 9.48 Å². The fraction of sp³-hybridized carbons (Fsp3) is 0.308. The van der Waals surface area contributed by atoms with Crippen LogP contribution in [0.25, 0.3) is 0 Å². The molecule has 0 aliphatic carbocycles. The lowest BCUT2D eigenvalue weighted by molar-refractivity contribution is 0.0690. The van der Waals surface area contributed by atoms with E-state index in [4.69, 9.17) is 5.11 Å². The Bertz CT molecular complexity index is 562. The van der Waals surface area contributed by atoms with Crippen LogP contribution in [0.4, 0.5) is 5.69 Å². The summed E-state index contributed by atoms with van der Waals surface area (Å²) in [4.78, 5) is 12.8. The molecule has 2 rings (SSSR count). The molecule has 0 bridgehead atoms. The van der Waals surface area contributed by atoms with E-state index in [0.29, 0.717) is 6.54 Å². The highest BCUT2D eigenvalue weighted by Gasteiger charge is 2.08. The summed E-state index contributed by atoms with van der Waals surface area (Å²) in [6, 6.07) is 8.23. The van der Waals surface area contributed by atoms with Crippen molar-refractivity contribution in [1.82, 2.24) is 15.0 Å². The average molecular weight is 260 g/mol. The van der Waals surface area contributed by atoms with Gasteiger partial charge in [0.15, 0.2) is 5.69 Å². The van der Waals surface area contributed by atoms with E-state index in [9.17, 15) is 4.79 Å². The van der Waals surface area contributed by atoms with Crippen molar-refractivity contribution in [2.24, 2.45) is 0 Å². The molecule has 100 valence electrons. The van der Waals surface area contributed by atoms with Gasteiger partial charge in [-0.2, -0.15) is 0 Å². The number of aromatic carboxylic acids is 1. The van der Waals surface area contributed by atoms with E-state index in [0.717, 1.165) is 12.2 Å². The molecule has 0 fully saturated rings. The Labute approximate surface area is 111 Å². The van der Waals surface area contributed by atoms with E-state index in [1.807, 2.05) is 14.0 Å². The minimum absolute atomic E-state index is 0.0296. The third-order valence-corrected chi connectivity index (χ3v) is 2.90. The van der Waals surface area contributed by atoms with Crippen molar-refractivity contribution in [1.29, 1.82) is 0 Å².